The van der Waals surface area contributed by atoms with E-state index < -0.39 is 0 Å². The van der Waals surface area contributed by atoms with Crippen molar-refractivity contribution in [3.8, 4) is 5.75 Å². The van der Waals surface area contributed by atoms with Crippen LogP contribution in [-0.2, 0) is 10.2 Å². The number of benzene rings is 1. The van der Waals surface area contributed by atoms with E-state index in [9.17, 15) is 0 Å². The maximum absolute atomic E-state index is 6.35. The maximum atomic E-state index is 6.35. The normalized spacial score (nSPS) is 21.8. The third-order valence-corrected chi connectivity index (χ3v) is 9.63. The van der Waals surface area contributed by atoms with Crippen LogP contribution < -0.4 is 4.74 Å². The first kappa shape index (κ1) is 28.3. The van der Waals surface area contributed by atoms with Gasteiger partial charge in [-0.1, -0.05) is 59.2 Å². The Morgan fingerprint density at radius 1 is 1.22 bits per heavy atom. The zero-order valence-electron chi connectivity index (χ0n) is 21.2. The first-order chi connectivity index (χ1) is 14.9. The molecule has 2 nitrogen and oxygen atoms in total. The summed E-state index contributed by atoms with van der Waals surface area (Å²) in [5.74, 6) is 1.01. The van der Waals surface area contributed by atoms with Crippen LogP contribution in [0.4, 0.5) is 0 Å². The largest absolute Gasteiger partial charge is 0.495 e. The summed E-state index contributed by atoms with van der Waals surface area (Å²) in [4.78, 5) is 1.34. The molecule has 0 spiro atoms. The summed E-state index contributed by atoms with van der Waals surface area (Å²) in [6, 6.07) is 2.46. The van der Waals surface area contributed by atoms with Crippen LogP contribution in [0.5, 0.6) is 5.75 Å². The van der Waals surface area contributed by atoms with Crippen LogP contribution in [0.3, 0.4) is 0 Å². The van der Waals surface area contributed by atoms with Crippen molar-refractivity contribution in [3.05, 3.63) is 32.4 Å². The van der Waals surface area contributed by atoms with Crippen LogP contribution in [0.1, 0.15) is 104 Å². The third-order valence-electron chi connectivity index (χ3n) is 6.73. The first-order valence-electron chi connectivity index (χ1n) is 11.9. The van der Waals surface area contributed by atoms with Gasteiger partial charge in [-0.05, 0) is 90.5 Å². The van der Waals surface area contributed by atoms with Crippen molar-refractivity contribution in [2.75, 3.05) is 13.7 Å². The Kier molecular flexibility index (Phi) is 10.3. The van der Waals surface area contributed by atoms with Crippen molar-refractivity contribution in [3.63, 3.8) is 0 Å². The minimum absolute atomic E-state index is 0.0615. The summed E-state index contributed by atoms with van der Waals surface area (Å²) in [5.41, 5.74) is 4.68. The number of thioether (sulfide) groups is 1. The van der Waals surface area contributed by atoms with Gasteiger partial charge in [0.15, 0.2) is 0 Å². The molecule has 0 aliphatic carbocycles. The Labute approximate surface area is 219 Å². The van der Waals surface area contributed by atoms with Gasteiger partial charge in [0.05, 0.1) is 16.8 Å². The molecule has 1 aliphatic heterocycles. The van der Waals surface area contributed by atoms with E-state index in [0.717, 1.165) is 37.9 Å². The first-order valence-corrected chi connectivity index (χ1v) is 14.2. The molecule has 2 unspecified atom stereocenters. The summed E-state index contributed by atoms with van der Waals surface area (Å²) >= 11 is 10.4. The number of halogens is 2. The number of ether oxygens (including phenoxy) is 2. The lowest BCUT2D eigenvalue weighted by molar-refractivity contribution is 0.0408. The highest BCUT2D eigenvalue weighted by Crippen LogP contribution is 2.57. The fourth-order valence-corrected chi connectivity index (χ4v) is 7.64. The second kappa shape index (κ2) is 11.7. The number of rotatable bonds is 10. The number of fused-ring (bicyclic) bond motifs is 1. The monoisotopic (exact) mass is 592 g/mol. The van der Waals surface area contributed by atoms with E-state index in [1.54, 1.807) is 5.54 Å². The van der Waals surface area contributed by atoms with Crippen molar-refractivity contribution in [2.45, 2.75) is 108 Å². The highest BCUT2D eigenvalue weighted by Gasteiger charge is 2.42. The standard InChI is InChI=1S/C27H42ClIO2S/c1-9-27(13-11-12-16-28)18-20(31-10-2)22-21(32-27)17-19(23(29)24(22)30-8)26(6,7)15-14-25(3,4)5/h12,16-17,20H,9-11,13-15,18H2,1-8H3. The lowest BCUT2D eigenvalue weighted by Crippen LogP contribution is -2.32. The van der Waals surface area contributed by atoms with Crippen LogP contribution in [-0.4, -0.2) is 18.5 Å². The molecular weight excluding hydrogens is 551 g/mol. The van der Waals surface area contributed by atoms with E-state index in [-0.39, 0.29) is 16.3 Å². The molecule has 0 fully saturated rings. The van der Waals surface area contributed by atoms with E-state index in [1.807, 2.05) is 18.9 Å². The Bertz CT molecular complexity index is 800. The number of hydrogen-bond donors (Lipinski definition) is 0. The number of allylic oxidation sites excluding steroid dienone is 1. The second-order valence-electron chi connectivity index (χ2n) is 10.8. The Balaban J connectivity index is 2.59. The van der Waals surface area contributed by atoms with Gasteiger partial charge < -0.3 is 9.47 Å². The molecule has 2 atom stereocenters. The van der Waals surface area contributed by atoms with Gasteiger partial charge in [-0.2, -0.15) is 0 Å². The molecular formula is C27H42ClIO2S. The van der Waals surface area contributed by atoms with Crippen molar-refractivity contribution in [1.29, 1.82) is 0 Å². The zero-order chi connectivity index (χ0) is 24.2. The molecule has 0 aromatic heterocycles. The van der Waals surface area contributed by atoms with Crippen LogP contribution >= 0.6 is 46.0 Å². The van der Waals surface area contributed by atoms with Crippen LogP contribution in [0.2, 0.25) is 0 Å². The highest BCUT2D eigenvalue weighted by molar-refractivity contribution is 14.1. The molecule has 0 radical (unpaired) electrons. The molecule has 0 bridgehead atoms. The van der Waals surface area contributed by atoms with Gasteiger partial charge in [-0.15, -0.1) is 11.8 Å². The minimum Gasteiger partial charge on any atom is -0.495 e. The van der Waals surface area contributed by atoms with Gasteiger partial charge >= 0.3 is 0 Å². The number of hydrogen-bond acceptors (Lipinski definition) is 3. The molecule has 0 amide bonds. The summed E-state index contributed by atoms with van der Waals surface area (Å²) in [6.45, 7) is 16.9. The molecule has 32 heavy (non-hydrogen) atoms. The van der Waals surface area contributed by atoms with Gasteiger partial charge in [-0.25, -0.2) is 0 Å². The maximum Gasteiger partial charge on any atom is 0.139 e. The molecule has 0 saturated carbocycles. The van der Waals surface area contributed by atoms with Crippen LogP contribution in [0, 0.1) is 8.99 Å². The van der Waals surface area contributed by atoms with Gasteiger partial charge in [0, 0.05) is 27.3 Å². The zero-order valence-corrected chi connectivity index (χ0v) is 25.0. The van der Waals surface area contributed by atoms with Crippen LogP contribution in [0.25, 0.3) is 0 Å². The molecule has 1 aromatic carbocycles. The van der Waals surface area contributed by atoms with Gasteiger partial charge in [-0.3, -0.25) is 0 Å². The Hall–Kier alpha value is 0.0900. The summed E-state index contributed by atoms with van der Waals surface area (Å²) in [5, 5.41) is 0. The van der Waals surface area contributed by atoms with Crippen molar-refractivity contribution in [1.82, 2.24) is 0 Å². The summed E-state index contributed by atoms with van der Waals surface area (Å²) in [6.07, 6.45) is 8.66. The fraction of sp³-hybridized carbons (Fsp3) is 0.704. The quantitative estimate of drug-likeness (QED) is 0.252. The molecule has 2 rings (SSSR count). The average molecular weight is 593 g/mol. The predicted molar refractivity (Wildman–Crippen MR) is 150 cm³/mol. The molecule has 0 saturated heterocycles. The van der Waals surface area contributed by atoms with Gasteiger partial charge in [0.1, 0.15) is 5.75 Å². The van der Waals surface area contributed by atoms with E-state index in [2.05, 4.69) is 83.2 Å². The average Bonchev–Trinajstić information content (AvgIpc) is 2.72. The van der Waals surface area contributed by atoms with Crippen molar-refractivity contribution >= 4 is 46.0 Å². The Morgan fingerprint density at radius 3 is 2.44 bits per heavy atom. The topological polar surface area (TPSA) is 18.5 Å². The van der Waals surface area contributed by atoms with Crippen molar-refractivity contribution in [2.24, 2.45) is 5.41 Å². The van der Waals surface area contributed by atoms with E-state index in [1.165, 1.54) is 26.0 Å². The molecule has 0 N–H and O–H groups in total. The molecule has 5 heteroatoms. The number of methoxy groups -OCH3 is 1. The lowest BCUT2D eigenvalue weighted by Gasteiger charge is -2.42. The van der Waals surface area contributed by atoms with E-state index >= 15 is 0 Å². The smallest absolute Gasteiger partial charge is 0.139 e. The summed E-state index contributed by atoms with van der Waals surface area (Å²) in [7, 11) is 1.81. The Morgan fingerprint density at radius 2 is 1.91 bits per heavy atom. The summed E-state index contributed by atoms with van der Waals surface area (Å²) < 4.78 is 13.8. The van der Waals surface area contributed by atoms with E-state index in [0.29, 0.717) is 12.0 Å². The van der Waals surface area contributed by atoms with E-state index in [4.69, 9.17) is 21.1 Å². The SMILES string of the molecule is CCOC1CC(CC)(CCC=CCl)Sc2cc(C(C)(C)CCC(C)(C)C)c(I)c(OC)c21. The molecule has 1 aromatic rings. The highest BCUT2D eigenvalue weighted by atomic mass is 127. The minimum atomic E-state index is 0.0615. The second-order valence-corrected chi connectivity index (χ2v) is 13.7. The third kappa shape index (κ3) is 6.82. The molecule has 182 valence electrons. The van der Waals surface area contributed by atoms with Gasteiger partial charge in [0.25, 0.3) is 0 Å². The predicted octanol–water partition coefficient (Wildman–Crippen LogP) is 9.66. The fourth-order valence-electron chi connectivity index (χ4n) is 4.54. The lowest BCUT2D eigenvalue weighted by atomic mass is 9.75. The van der Waals surface area contributed by atoms with Crippen LogP contribution in [0.15, 0.2) is 22.6 Å². The molecule has 1 aliphatic rings. The molecule has 1 heterocycles. The van der Waals surface area contributed by atoms with Crippen molar-refractivity contribution < 1.29 is 9.47 Å². The van der Waals surface area contributed by atoms with Gasteiger partial charge in [0.2, 0.25) is 0 Å².